The van der Waals surface area contributed by atoms with Crippen LogP contribution in [0.5, 0.6) is 0 Å². The molecule has 2 atom stereocenters. The van der Waals surface area contributed by atoms with E-state index >= 15 is 0 Å². The Morgan fingerprint density at radius 3 is 2.37 bits per heavy atom. The van der Waals surface area contributed by atoms with Crippen molar-refractivity contribution in [2.24, 2.45) is 17.3 Å². The summed E-state index contributed by atoms with van der Waals surface area (Å²) in [5, 5.41) is 15.6. The molecule has 0 saturated heterocycles. The Bertz CT molecular complexity index is 990. The fourth-order valence-electron chi connectivity index (χ4n) is 5.68. The van der Waals surface area contributed by atoms with Gasteiger partial charge in [0.25, 0.3) is 0 Å². The van der Waals surface area contributed by atoms with Crippen molar-refractivity contribution in [2.75, 3.05) is 0 Å². The zero-order chi connectivity index (χ0) is 25.2. The second-order valence-corrected chi connectivity index (χ2v) is 12.5. The Morgan fingerprint density at radius 1 is 1.11 bits per heavy atom. The highest BCUT2D eigenvalue weighted by Crippen LogP contribution is 2.44. The molecule has 1 aromatic rings. The summed E-state index contributed by atoms with van der Waals surface area (Å²) in [6.07, 6.45) is 12.3. The average molecular weight is 499 g/mol. The van der Waals surface area contributed by atoms with Crippen LogP contribution in [0.2, 0.25) is 0 Å². The lowest BCUT2D eigenvalue weighted by molar-refractivity contribution is -0.147. The van der Waals surface area contributed by atoms with Crippen molar-refractivity contribution >= 4 is 23.6 Å². The summed E-state index contributed by atoms with van der Waals surface area (Å²) in [7, 11) is 0. The van der Waals surface area contributed by atoms with Gasteiger partial charge < -0.3 is 10.0 Å². The molecule has 1 aromatic heterocycles. The quantitative estimate of drug-likeness (QED) is 0.580. The molecule has 8 heteroatoms. The molecule has 1 amide bonds. The molecule has 2 aliphatic carbocycles. The van der Waals surface area contributed by atoms with Gasteiger partial charge >= 0.3 is 5.97 Å². The van der Waals surface area contributed by atoms with Crippen molar-refractivity contribution in [2.45, 2.75) is 102 Å². The highest BCUT2D eigenvalue weighted by atomic mass is 32.2. The number of aliphatic carboxylic acids is 1. The summed E-state index contributed by atoms with van der Waals surface area (Å²) in [5.41, 5.74) is -1.45. The number of carbonyl (C=O) groups is 2. The first kappa shape index (κ1) is 25.8. The monoisotopic (exact) mass is 498 g/mol. The van der Waals surface area contributed by atoms with E-state index in [0.717, 1.165) is 51.4 Å². The van der Waals surface area contributed by atoms with E-state index in [1.165, 1.54) is 11.8 Å². The molecule has 1 N–H and O–H groups in total. The Balaban J connectivity index is 1.71. The van der Waals surface area contributed by atoms with Gasteiger partial charge in [-0.1, -0.05) is 18.8 Å². The van der Waals surface area contributed by atoms with Crippen LogP contribution in [0, 0.1) is 29.1 Å². The van der Waals surface area contributed by atoms with Gasteiger partial charge in [-0.2, -0.15) is 5.10 Å². The first-order chi connectivity index (χ1) is 16.6. The summed E-state index contributed by atoms with van der Waals surface area (Å²) in [5.74, 6) is 6.41. The van der Waals surface area contributed by atoms with Gasteiger partial charge in [-0.15, -0.1) is 11.8 Å². The molecular weight excluding hydrogens is 460 g/mol. The highest BCUT2D eigenvalue weighted by molar-refractivity contribution is 8.03. The number of hydrogen-bond donors (Lipinski definition) is 1. The largest absolute Gasteiger partial charge is 0.480 e. The third-order valence-corrected chi connectivity index (χ3v) is 8.77. The minimum atomic E-state index is -1.14. The number of aromatic nitrogens is 3. The molecule has 3 aliphatic rings. The maximum atomic E-state index is 14.3. The van der Waals surface area contributed by atoms with E-state index in [9.17, 15) is 14.7 Å². The SMILES string of the molecule is CC1CCC(C(=O)N(C2CCC(n3cncn3)CC2)C2(C#CC(C)(C)C)C=CSC2C(=O)O)CC1. The molecule has 0 spiro atoms. The number of carboxylic acid groups (broad SMARTS) is 1. The summed E-state index contributed by atoms with van der Waals surface area (Å²) < 4.78 is 1.91. The molecule has 7 nitrogen and oxygen atoms in total. The molecule has 1 aliphatic heterocycles. The van der Waals surface area contributed by atoms with Crippen LogP contribution in [0.4, 0.5) is 0 Å². The normalized spacial score (nSPS) is 33.1. The van der Waals surface area contributed by atoms with E-state index in [0.29, 0.717) is 5.92 Å². The van der Waals surface area contributed by atoms with Crippen LogP contribution < -0.4 is 0 Å². The van der Waals surface area contributed by atoms with Crippen LogP contribution in [0.25, 0.3) is 0 Å². The molecule has 0 bridgehead atoms. The zero-order valence-corrected chi connectivity index (χ0v) is 22.1. The van der Waals surface area contributed by atoms with Gasteiger partial charge in [0.1, 0.15) is 23.4 Å². The third-order valence-electron chi connectivity index (χ3n) is 7.64. The molecule has 2 saturated carbocycles. The van der Waals surface area contributed by atoms with Crippen molar-refractivity contribution in [3.63, 3.8) is 0 Å². The smallest absolute Gasteiger partial charge is 0.320 e. The van der Waals surface area contributed by atoms with Crippen LogP contribution in [-0.4, -0.2) is 53.5 Å². The van der Waals surface area contributed by atoms with Crippen LogP contribution >= 0.6 is 11.8 Å². The van der Waals surface area contributed by atoms with Gasteiger partial charge in [0.05, 0.1) is 6.04 Å². The standard InChI is InChI=1S/C27H38N4O3S/c1-19-5-7-20(8-6-19)24(32)31(22-11-9-21(10-12-22)30-18-28-17-29-30)27(14-13-26(2,3)4)15-16-35-23(27)25(33)34/h15-23H,5-12H2,1-4H3,(H,33,34). The predicted octanol–water partition coefficient (Wildman–Crippen LogP) is 4.92. The second kappa shape index (κ2) is 10.4. The summed E-state index contributed by atoms with van der Waals surface area (Å²) >= 11 is 1.26. The predicted molar refractivity (Wildman–Crippen MR) is 137 cm³/mol. The van der Waals surface area contributed by atoms with E-state index < -0.39 is 16.8 Å². The molecule has 4 rings (SSSR count). The van der Waals surface area contributed by atoms with Crippen molar-refractivity contribution in [3.8, 4) is 11.8 Å². The number of carbonyl (C=O) groups excluding carboxylic acids is 1. The lowest BCUT2D eigenvalue weighted by Crippen LogP contribution is -2.62. The van der Waals surface area contributed by atoms with Crippen LogP contribution in [0.1, 0.15) is 85.1 Å². The fourth-order valence-corrected chi connectivity index (χ4v) is 6.69. The number of carboxylic acids is 1. The first-order valence-corrected chi connectivity index (χ1v) is 13.8. The second-order valence-electron chi connectivity index (χ2n) is 11.5. The molecule has 2 fully saturated rings. The van der Waals surface area contributed by atoms with Crippen LogP contribution in [-0.2, 0) is 9.59 Å². The van der Waals surface area contributed by atoms with Gasteiger partial charge in [-0.05, 0) is 89.5 Å². The zero-order valence-electron chi connectivity index (χ0n) is 21.3. The lowest BCUT2D eigenvalue weighted by Gasteiger charge is -2.48. The Hall–Kier alpha value is -2.27. The molecular formula is C27H38N4O3S. The van der Waals surface area contributed by atoms with E-state index in [4.69, 9.17) is 0 Å². The molecule has 0 radical (unpaired) electrons. The summed E-state index contributed by atoms with van der Waals surface area (Å²) in [6, 6.07) is 0.197. The van der Waals surface area contributed by atoms with Crippen molar-refractivity contribution in [3.05, 3.63) is 24.1 Å². The van der Waals surface area contributed by atoms with Gasteiger partial charge in [-0.3, -0.25) is 9.59 Å². The maximum Gasteiger partial charge on any atom is 0.320 e. The minimum Gasteiger partial charge on any atom is -0.480 e. The van der Waals surface area contributed by atoms with Gasteiger partial charge in [0.2, 0.25) is 5.91 Å². The summed E-state index contributed by atoms with van der Waals surface area (Å²) in [4.78, 5) is 32.8. The third kappa shape index (κ3) is 5.61. The Kier molecular flexibility index (Phi) is 7.65. The lowest BCUT2D eigenvalue weighted by atomic mass is 9.79. The Morgan fingerprint density at radius 2 is 1.80 bits per heavy atom. The Labute approximate surface area is 213 Å². The van der Waals surface area contributed by atoms with Gasteiger partial charge in [-0.25, -0.2) is 9.67 Å². The molecule has 2 unspecified atom stereocenters. The topological polar surface area (TPSA) is 88.3 Å². The average Bonchev–Trinajstić information content (AvgIpc) is 3.49. The van der Waals surface area contributed by atoms with E-state index in [-0.39, 0.29) is 29.3 Å². The maximum absolute atomic E-state index is 14.3. The molecule has 0 aromatic carbocycles. The molecule has 2 heterocycles. The molecule has 190 valence electrons. The highest BCUT2D eigenvalue weighted by Gasteiger charge is 2.53. The number of rotatable bonds is 5. The van der Waals surface area contributed by atoms with Crippen molar-refractivity contribution in [1.82, 2.24) is 19.7 Å². The van der Waals surface area contributed by atoms with Gasteiger partial charge in [0.15, 0.2) is 0 Å². The fraction of sp³-hybridized carbons (Fsp3) is 0.704. The number of hydrogen-bond acceptors (Lipinski definition) is 5. The van der Waals surface area contributed by atoms with Crippen molar-refractivity contribution < 1.29 is 14.7 Å². The van der Waals surface area contributed by atoms with E-state index in [1.54, 1.807) is 12.7 Å². The van der Waals surface area contributed by atoms with Crippen LogP contribution in [0.3, 0.4) is 0 Å². The first-order valence-electron chi connectivity index (χ1n) is 12.9. The number of nitrogens with zero attached hydrogens (tertiary/aromatic N) is 4. The summed E-state index contributed by atoms with van der Waals surface area (Å²) in [6.45, 7) is 8.31. The minimum absolute atomic E-state index is 0.0545. The van der Waals surface area contributed by atoms with Crippen molar-refractivity contribution in [1.29, 1.82) is 0 Å². The number of thioether (sulfide) groups is 1. The molecule has 35 heavy (non-hydrogen) atoms. The van der Waals surface area contributed by atoms with E-state index in [2.05, 4.69) is 28.8 Å². The van der Waals surface area contributed by atoms with Crippen LogP contribution in [0.15, 0.2) is 24.1 Å². The number of amides is 1. The van der Waals surface area contributed by atoms with E-state index in [1.807, 2.05) is 41.8 Å². The van der Waals surface area contributed by atoms with Gasteiger partial charge in [0, 0.05) is 17.4 Å².